The van der Waals surface area contributed by atoms with Gasteiger partial charge in [0.1, 0.15) is 7.85 Å². The van der Waals surface area contributed by atoms with Crippen molar-refractivity contribution < 1.29 is 9.90 Å². The second kappa shape index (κ2) is 7.36. The van der Waals surface area contributed by atoms with Crippen LogP contribution in [0.25, 0.3) is 6.08 Å². The SMILES string of the molecule is [B]c1ccc(/C=C/C(=O)Nc2ccc3c(c2)NCC(CO)C3)cc1. The highest BCUT2D eigenvalue weighted by Crippen LogP contribution is 2.27. The van der Waals surface area contributed by atoms with E-state index in [4.69, 9.17) is 7.85 Å². The lowest BCUT2D eigenvalue weighted by Crippen LogP contribution is -2.25. The number of fused-ring (bicyclic) bond motifs is 1. The molecule has 1 heterocycles. The van der Waals surface area contributed by atoms with Gasteiger partial charge in [0.25, 0.3) is 0 Å². The van der Waals surface area contributed by atoms with Gasteiger partial charge in [-0.3, -0.25) is 4.79 Å². The quantitative estimate of drug-likeness (QED) is 0.594. The number of aliphatic hydroxyl groups excluding tert-OH is 1. The van der Waals surface area contributed by atoms with Crippen LogP contribution in [0.4, 0.5) is 11.4 Å². The van der Waals surface area contributed by atoms with Crippen molar-refractivity contribution in [3.05, 3.63) is 59.7 Å². The molecule has 0 saturated carbocycles. The number of anilines is 2. The highest BCUT2D eigenvalue weighted by atomic mass is 16.3. The molecular weight excluding hydrogens is 299 g/mol. The summed E-state index contributed by atoms with van der Waals surface area (Å²) in [6, 6.07) is 13.1. The number of hydrogen-bond acceptors (Lipinski definition) is 3. The van der Waals surface area contributed by atoms with Crippen LogP contribution >= 0.6 is 0 Å². The molecule has 1 aliphatic heterocycles. The fourth-order valence-corrected chi connectivity index (χ4v) is 2.73. The van der Waals surface area contributed by atoms with Crippen LogP contribution in [0, 0.1) is 5.92 Å². The molecule has 1 atom stereocenters. The Balaban J connectivity index is 1.63. The first-order valence-corrected chi connectivity index (χ1v) is 7.96. The van der Waals surface area contributed by atoms with Crippen molar-refractivity contribution in [1.29, 1.82) is 0 Å². The maximum Gasteiger partial charge on any atom is 0.248 e. The lowest BCUT2D eigenvalue weighted by atomic mass is 9.94. The Kier molecular flexibility index (Phi) is 5.01. The molecule has 24 heavy (non-hydrogen) atoms. The third-order valence-electron chi connectivity index (χ3n) is 4.09. The van der Waals surface area contributed by atoms with Crippen LogP contribution < -0.4 is 16.1 Å². The highest BCUT2D eigenvalue weighted by molar-refractivity contribution is 6.32. The summed E-state index contributed by atoms with van der Waals surface area (Å²) in [6.07, 6.45) is 4.10. The molecule has 2 radical (unpaired) electrons. The van der Waals surface area contributed by atoms with Crippen molar-refractivity contribution in [2.24, 2.45) is 5.92 Å². The minimum Gasteiger partial charge on any atom is -0.396 e. The summed E-state index contributed by atoms with van der Waals surface area (Å²) in [7, 11) is 5.63. The zero-order valence-electron chi connectivity index (χ0n) is 13.3. The molecule has 1 unspecified atom stereocenters. The van der Waals surface area contributed by atoms with Gasteiger partial charge in [-0.05, 0) is 35.8 Å². The number of benzene rings is 2. The average molecular weight is 318 g/mol. The van der Waals surface area contributed by atoms with E-state index in [1.165, 1.54) is 6.08 Å². The van der Waals surface area contributed by atoms with Gasteiger partial charge in [0.15, 0.2) is 0 Å². The summed E-state index contributed by atoms with van der Waals surface area (Å²) >= 11 is 0. The van der Waals surface area contributed by atoms with Gasteiger partial charge in [-0.15, -0.1) is 0 Å². The molecule has 0 spiro atoms. The molecule has 1 amide bonds. The Hall–Kier alpha value is -2.53. The van der Waals surface area contributed by atoms with E-state index in [9.17, 15) is 9.90 Å². The lowest BCUT2D eigenvalue weighted by Gasteiger charge is -2.25. The summed E-state index contributed by atoms with van der Waals surface area (Å²) < 4.78 is 0. The average Bonchev–Trinajstić information content (AvgIpc) is 2.61. The third kappa shape index (κ3) is 4.06. The first-order valence-electron chi connectivity index (χ1n) is 7.96. The predicted octanol–water partition coefficient (Wildman–Crippen LogP) is 1.71. The smallest absolute Gasteiger partial charge is 0.248 e. The Bertz CT molecular complexity index is 756. The fraction of sp³-hybridized carbons (Fsp3) is 0.211. The molecule has 0 fully saturated rings. The van der Waals surface area contributed by atoms with Gasteiger partial charge < -0.3 is 15.7 Å². The van der Waals surface area contributed by atoms with Crippen LogP contribution in [0.3, 0.4) is 0 Å². The van der Waals surface area contributed by atoms with Gasteiger partial charge in [-0.1, -0.05) is 35.8 Å². The maximum atomic E-state index is 12.0. The van der Waals surface area contributed by atoms with E-state index in [1.807, 2.05) is 30.3 Å². The number of hydrogen-bond donors (Lipinski definition) is 3. The van der Waals surface area contributed by atoms with Crippen molar-refractivity contribution in [3.63, 3.8) is 0 Å². The van der Waals surface area contributed by atoms with E-state index in [0.29, 0.717) is 5.46 Å². The number of carbonyl (C=O) groups is 1. The Labute approximate surface area is 143 Å². The number of carbonyl (C=O) groups excluding carboxylic acids is 1. The largest absolute Gasteiger partial charge is 0.396 e. The van der Waals surface area contributed by atoms with E-state index < -0.39 is 0 Å². The van der Waals surface area contributed by atoms with Gasteiger partial charge in [0.2, 0.25) is 5.91 Å². The van der Waals surface area contributed by atoms with Crippen LogP contribution in [0.15, 0.2) is 48.5 Å². The Morgan fingerprint density at radius 2 is 2.08 bits per heavy atom. The topological polar surface area (TPSA) is 61.4 Å². The van der Waals surface area contributed by atoms with Gasteiger partial charge in [0, 0.05) is 36.5 Å². The molecule has 5 heteroatoms. The molecule has 2 aromatic carbocycles. The second-order valence-electron chi connectivity index (χ2n) is 5.99. The van der Waals surface area contributed by atoms with Crippen molar-refractivity contribution in [2.75, 3.05) is 23.8 Å². The summed E-state index contributed by atoms with van der Waals surface area (Å²) in [4.78, 5) is 12.0. The zero-order valence-corrected chi connectivity index (χ0v) is 13.3. The maximum absolute atomic E-state index is 12.0. The van der Waals surface area contributed by atoms with E-state index in [2.05, 4.69) is 10.6 Å². The van der Waals surface area contributed by atoms with Crippen LogP contribution in [0.2, 0.25) is 0 Å². The minimum atomic E-state index is -0.184. The van der Waals surface area contributed by atoms with Gasteiger partial charge in [0.05, 0.1) is 0 Å². The highest BCUT2D eigenvalue weighted by Gasteiger charge is 2.17. The van der Waals surface area contributed by atoms with Crippen molar-refractivity contribution >= 4 is 36.7 Å². The Morgan fingerprint density at radius 1 is 1.29 bits per heavy atom. The van der Waals surface area contributed by atoms with Crippen LogP contribution in [-0.4, -0.2) is 32.0 Å². The summed E-state index contributed by atoms with van der Waals surface area (Å²) in [6.45, 7) is 0.929. The predicted molar refractivity (Wildman–Crippen MR) is 98.7 cm³/mol. The fourth-order valence-electron chi connectivity index (χ4n) is 2.73. The molecule has 3 N–H and O–H groups in total. The number of amides is 1. The molecule has 4 nitrogen and oxygen atoms in total. The monoisotopic (exact) mass is 318 g/mol. The molecule has 0 bridgehead atoms. The third-order valence-corrected chi connectivity index (χ3v) is 4.09. The van der Waals surface area contributed by atoms with Gasteiger partial charge in [-0.2, -0.15) is 0 Å². The molecule has 120 valence electrons. The molecule has 3 rings (SSSR count). The van der Waals surface area contributed by atoms with Crippen molar-refractivity contribution in [3.8, 4) is 0 Å². The summed E-state index contributed by atoms with van der Waals surface area (Å²) in [5.74, 6) is 0.0663. The number of nitrogens with one attached hydrogen (secondary N) is 2. The molecule has 0 saturated heterocycles. The van der Waals surface area contributed by atoms with Crippen LogP contribution in [0.1, 0.15) is 11.1 Å². The van der Waals surface area contributed by atoms with Crippen LogP contribution in [0.5, 0.6) is 0 Å². The molecule has 0 aliphatic carbocycles. The van der Waals surface area contributed by atoms with Gasteiger partial charge in [-0.25, -0.2) is 0 Å². The van der Waals surface area contributed by atoms with Crippen molar-refractivity contribution in [1.82, 2.24) is 0 Å². The summed E-state index contributed by atoms with van der Waals surface area (Å²) in [5, 5.41) is 15.4. The lowest BCUT2D eigenvalue weighted by molar-refractivity contribution is -0.111. The van der Waals surface area contributed by atoms with E-state index in [1.54, 1.807) is 18.2 Å². The normalized spacial score (nSPS) is 16.5. The number of aliphatic hydroxyl groups is 1. The van der Waals surface area contributed by atoms with Gasteiger partial charge >= 0.3 is 0 Å². The molecule has 2 aromatic rings. The second-order valence-corrected chi connectivity index (χ2v) is 5.99. The first kappa shape index (κ1) is 16.3. The van der Waals surface area contributed by atoms with E-state index in [-0.39, 0.29) is 18.4 Å². The van der Waals surface area contributed by atoms with E-state index >= 15 is 0 Å². The molecule has 1 aliphatic rings. The van der Waals surface area contributed by atoms with E-state index in [0.717, 1.165) is 35.5 Å². The van der Waals surface area contributed by atoms with Crippen molar-refractivity contribution in [2.45, 2.75) is 6.42 Å². The summed E-state index contributed by atoms with van der Waals surface area (Å²) in [5.41, 5.74) is 4.54. The number of rotatable bonds is 4. The first-order chi connectivity index (χ1) is 11.6. The minimum absolute atomic E-state index is 0.181. The molecule has 0 aromatic heterocycles. The molecular formula is C19H19BN2O2. The zero-order chi connectivity index (χ0) is 16.9. The van der Waals surface area contributed by atoms with Crippen LogP contribution in [-0.2, 0) is 11.2 Å². The standard InChI is InChI=1S/C19H19BN2O2/c20-16-5-1-13(2-6-16)3-8-19(24)22-17-7-4-15-9-14(12-23)11-21-18(15)10-17/h1-8,10,14,21,23H,9,11-12H2,(H,22,24)/b8-3+. The Morgan fingerprint density at radius 3 is 2.83 bits per heavy atom.